The van der Waals surface area contributed by atoms with Crippen LogP contribution in [0.5, 0.6) is 0 Å². The number of nitrogens with zero attached hydrogens (tertiary/aromatic N) is 8. The fourth-order valence-electron chi connectivity index (χ4n) is 5.18. The number of Topliss-reactive ketones (excluding diaryl/α,β-unsaturated/α-hetero) is 2. The Balaban J connectivity index is 2.44. The van der Waals surface area contributed by atoms with Crippen LogP contribution in [0.3, 0.4) is 0 Å². The highest BCUT2D eigenvalue weighted by atomic mass is 19.4. The standard InChI is InChI=1S/C30H16F12N8O2/c1-25(11-45,7-5-15(51)17-19(27(31,32)33)13(9-43)14(10-44)20(17)28(34,35)36)49-50-26(2,12-46)8-6-16(52)18-21(29(37,38)39)23(47-3)24(48-4)22(18)30(40,41)42/h17-18H,5-8H2,1-2H3. The predicted molar refractivity (Wildman–Crippen MR) is 145 cm³/mol. The van der Waals surface area contributed by atoms with Gasteiger partial charge in [0.15, 0.2) is 11.1 Å². The van der Waals surface area contributed by atoms with E-state index in [4.69, 9.17) is 23.7 Å². The zero-order chi connectivity index (χ0) is 40.4. The van der Waals surface area contributed by atoms with Crippen molar-refractivity contribution in [1.29, 1.82) is 21.0 Å². The molecule has 2 aliphatic rings. The van der Waals surface area contributed by atoms with Crippen molar-refractivity contribution in [2.45, 2.75) is 75.3 Å². The van der Waals surface area contributed by atoms with E-state index >= 15 is 0 Å². The van der Waals surface area contributed by atoms with E-state index in [0.717, 1.165) is 26.0 Å². The van der Waals surface area contributed by atoms with Crippen LogP contribution in [0.4, 0.5) is 52.7 Å². The maximum absolute atomic E-state index is 13.8. The molecule has 0 saturated heterocycles. The molecule has 0 spiro atoms. The Hall–Kier alpha value is -6.00. The third-order valence-electron chi connectivity index (χ3n) is 7.68. The predicted octanol–water partition coefficient (Wildman–Crippen LogP) is 8.20. The Labute approximate surface area is 284 Å². The minimum Gasteiger partial charge on any atom is -0.299 e. The molecule has 2 aliphatic carbocycles. The van der Waals surface area contributed by atoms with E-state index in [-0.39, 0.29) is 0 Å². The average molecular weight is 748 g/mol. The van der Waals surface area contributed by atoms with E-state index in [0.29, 0.717) is 0 Å². The summed E-state index contributed by atoms with van der Waals surface area (Å²) in [4.78, 5) is 30.6. The molecule has 0 amide bonds. The van der Waals surface area contributed by atoms with Gasteiger partial charge in [0, 0.05) is 24.0 Å². The number of allylic oxidation sites excluding steroid dienone is 6. The Morgan fingerprint density at radius 2 is 0.865 bits per heavy atom. The number of hydrogen-bond donors (Lipinski definition) is 0. The Morgan fingerprint density at radius 1 is 0.596 bits per heavy atom. The van der Waals surface area contributed by atoms with E-state index in [2.05, 4.69) is 19.9 Å². The van der Waals surface area contributed by atoms with Gasteiger partial charge in [0.2, 0.25) is 11.4 Å². The Morgan fingerprint density at radius 3 is 1.08 bits per heavy atom. The summed E-state index contributed by atoms with van der Waals surface area (Å²) in [6, 6.07) is 4.58. The second-order valence-corrected chi connectivity index (χ2v) is 11.3. The van der Waals surface area contributed by atoms with Gasteiger partial charge in [-0.15, -0.1) is 0 Å². The first-order valence-electron chi connectivity index (χ1n) is 13.8. The first kappa shape index (κ1) is 42.2. The lowest BCUT2D eigenvalue weighted by Gasteiger charge is -2.25. The number of nitriles is 4. The van der Waals surface area contributed by atoms with Gasteiger partial charge in [0.05, 0.1) is 59.4 Å². The van der Waals surface area contributed by atoms with Gasteiger partial charge in [-0.25, -0.2) is 9.69 Å². The molecule has 0 aromatic rings. The van der Waals surface area contributed by atoms with Crippen molar-refractivity contribution < 1.29 is 62.3 Å². The van der Waals surface area contributed by atoms with Gasteiger partial charge in [0.1, 0.15) is 23.7 Å². The molecule has 10 nitrogen and oxygen atoms in total. The van der Waals surface area contributed by atoms with Crippen LogP contribution >= 0.6 is 0 Å². The van der Waals surface area contributed by atoms with Gasteiger partial charge in [-0.3, -0.25) is 9.59 Å². The molecule has 2 atom stereocenters. The minimum absolute atomic E-state index is 0.834. The van der Waals surface area contributed by atoms with E-state index in [1.807, 2.05) is 0 Å². The highest BCUT2D eigenvalue weighted by Crippen LogP contribution is 2.53. The van der Waals surface area contributed by atoms with E-state index in [9.17, 15) is 72.8 Å². The Bertz CT molecular complexity index is 1750. The second kappa shape index (κ2) is 14.3. The molecule has 0 N–H and O–H groups in total. The van der Waals surface area contributed by atoms with E-state index < -0.39 is 130 Å². The third-order valence-corrected chi connectivity index (χ3v) is 7.68. The summed E-state index contributed by atoms with van der Waals surface area (Å²) in [7, 11) is 0. The number of azo groups is 1. The number of carbonyl (C=O) groups excluding carboxylic acids is 2. The molecule has 52 heavy (non-hydrogen) atoms. The molecule has 0 aliphatic heterocycles. The summed E-state index contributed by atoms with van der Waals surface area (Å²) in [5, 5.41) is 44.5. The van der Waals surface area contributed by atoms with Crippen LogP contribution in [0, 0.1) is 70.3 Å². The van der Waals surface area contributed by atoms with Crippen molar-refractivity contribution >= 4 is 11.6 Å². The second-order valence-electron chi connectivity index (χ2n) is 11.3. The maximum Gasteiger partial charge on any atom is 0.415 e. The van der Waals surface area contributed by atoms with Gasteiger partial charge < -0.3 is 0 Å². The number of halogens is 12. The molecule has 0 heterocycles. The van der Waals surface area contributed by atoms with Gasteiger partial charge in [-0.1, -0.05) is 0 Å². The van der Waals surface area contributed by atoms with Crippen molar-refractivity contribution in [1.82, 2.24) is 0 Å². The summed E-state index contributed by atoms with van der Waals surface area (Å²) >= 11 is 0. The first-order chi connectivity index (χ1) is 23.6. The van der Waals surface area contributed by atoms with Crippen LogP contribution in [0.25, 0.3) is 9.69 Å². The van der Waals surface area contributed by atoms with Crippen LogP contribution in [0.2, 0.25) is 0 Å². The summed E-state index contributed by atoms with van der Waals surface area (Å²) in [6.07, 6.45) is -27.5. The summed E-state index contributed by atoms with van der Waals surface area (Å²) < 4.78 is 166. The maximum atomic E-state index is 13.8. The molecule has 0 fully saturated rings. The number of carbonyl (C=O) groups is 2. The van der Waals surface area contributed by atoms with Gasteiger partial charge in [-0.05, 0) is 26.7 Å². The molecule has 0 bridgehead atoms. The van der Waals surface area contributed by atoms with Gasteiger partial charge in [0.25, 0.3) is 0 Å². The fourth-order valence-corrected chi connectivity index (χ4v) is 5.18. The fraction of sp³-hybridized carbons (Fsp3) is 0.467. The summed E-state index contributed by atoms with van der Waals surface area (Å²) in [5.41, 5.74) is -20.8. The SMILES string of the molecule is [C-]#[N+]C1=C(C(F)(F)F)C(C(=O)CCC(C)(C#N)N=NC(C)(C#N)CCC(=O)C2C(C(F)(F)F)=C(C#N)C(C#N)=C2C(F)(F)F)C(C(F)(F)F)=C1[N+]#[C-]. The number of hydrogen-bond acceptors (Lipinski definition) is 8. The lowest BCUT2D eigenvalue weighted by molar-refractivity contribution is -0.134. The van der Waals surface area contributed by atoms with Crippen LogP contribution in [-0.4, -0.2) is 47.3 Å². The zero-order valence-corrected chi connectivity index (χ0v) is 25.9. The monoisotopic (exact) mass is 748 g/mol. The molecule has 22 heteroatoms. The molecule has 2 unspecified atom stereocenters. The Kier molecular flexibility index (Phi) is 11.6. The highest BCUT2D eigenvalue weighted by molar-refractivity contribution is 5.92. The average Bonchev–Trinajstić information content (AvgIpc) is 3.59. The quantitative estimate of drug-likeness (QED) is 0.124. The number of alkyl halides is 12. The minimum atomic E-state index is -5.72. The molecule has 272 valence electrons. The summed E-state index contributed by atoms with van der Waals surface area (Å²) in [6.45, 7) is 15.5. The van der Waals surface area contributed by atoms with Crippen molar-refractivity contribution in [3.05, 3.63) is 67.7 Å². The molecule has 0 aromatic carbocycles. The third kappa shape index (κ3) is 8.30. The lowest BCUT2D eigenvalue weighted by Crippen LogP contribution is -2.33. The molecule has 0 aromatic heterocycles. The van der Waals surface area contributed by atoms with Crippen LogP contribution in [-0.2, 0) is 9.59 Å². The zero-order valence-electron chi connectivity index (χ0n) is 25.9. The lowest BCUT2D eigenvalue weighted by atomic mass is 9.85. The largest absolute Gasteiger partial charge is 0.415 e. The number of rotatable bonds is 10. The van der Waals surface area contributed by atoms with Crippen LogP contribution < -0.4 is 0 Å². The molecule has 0 saturated carbocycles. The van der Waals surface area contributed by atoms with Crippen molar-refractivity contribution in [3.8, 4) is 24.3 Å². The smallest absolute Gasteiger partial charge is 0.299 e. The molecular formula is C30H16F12N8O2. The molecule has 2 rings (SSSR count). The van der Waals surface area contributed by atoms with E-state index in [1.54, 1.807) is 0 Å². The van der Waals surface area contributed by atoms with Gasteiger partial charge in [-0.2, -0.15) is 84.0 Å². The van der Waals surface area contributed by atoms with Crippen LogP contribution in [0.1, 0.15) is 39.5 Å². The molecule has 0 radical (unpaired) electrons. The number of ketones is 2. The molecular weight excluding hydrogens is 732 g/mol. The normalized spacial score (nSPS) is 18.7. The van der Waals surface area contributed by atoms with Crippen molar-refractivity contribution in [3.63, 3.8) is 0 Å². The summed E-state index contributed by atoms with van der Waals surface area (Å²) in [5.74, 6) is -10.1. The van der Waals surface area contributed by atoms with Crippen molar-refractivity contribution in [2.24, 2.45) is 22.1 Å². The van der Waals surface area contributed by atoms with Crippen molar-refractivity contribution in [2.75, 3.05) is 0 Å². The highest BCUT2D eigenvalue weighted by Gasteiger charge is 2.58. The van der Waals surface area contributed by atoms with E-state index in [1.165, 1.54) is 12.1 Å². The first-order valence-corrected chi connectivity index (χ1v) is 13.8. The van der Waals surface area contributed by atoms with Crippen LogP contribution in [0.15, 0.2) is 55.1 Å². The van der Waals surface area contributed by atoms with Gasteiger partial charge >= 0.3 is 24.7 Å². The topological polar surface area (TPSA) is 163 Å².